The van der Waals surface area contributed by atoms with Gasteiger partial charge in [0.2, 0.25) is 11.8 Å². The van der Waals surface area contributed by atoms with Gasteiger partial charge in [0.25, 0.3) is 0 Å². The Labute approximate surface area is 202 Å². The normalized spacial score (nSPS) is 17.5. The Balaban J connectivity index is 1.56. The first-order chi connectivity index (χ1) is 15.7. The third-order valence-electron chi connectivity index (χ3n) is 4.58. The third kappa shape index (κ3) is 6.09. The predicted molar refractivity (Wildman–Crippen MR) is 127 cm³/mol. The first-order valence-corrected chi connectivity index (χ1v) is 12.9. The molecule has 2 aromatic rings. The standard InChI is InChI=1S/C20H24N4O6S3/c1-5-29-17(27)13-9(3)21-19(32-13)23-15(25)11-7-8-12(31-11)16(26)24-20-22-10(4)14(33-20)18(28)30-6-2/h11-12H,5-8H2,1-4H3,(H,21,23,25)(H,22,24,26). The number of rotatable bonds is 8. The molecule has 13 heteroatoms. The minimum Gasteiger partial charge on any atom is -0.462 e. The topological polar surface area (TPSA) is 137 Å². The number of anilines is 2. The van der Waals surface area contributed by atoms with E-state index in [0.717, 1.165) is 22.7 Å². The Morgan fingerprint density at radius 1 is 0.818 bits per heavy atom. The molecule has 178 valence electrons. The van der Waals surface area contributed by atoms with Gasteiger partial charge in [-0.25, -0.2) is 19.6 Å². The van der Waals surface area contributed by atoms with E-state index in [1.54, 1.807) is 27.7 Å². The molecular formula is C20H24N4O6S3. The SMILES string of the molecule is CCOC(=O)c1sc(NC(=O)C2CCC(C(=O)Nc3nc(C)c(C(=O)OCC)s3)S2)nc1C. The Morgan fingerprint density at radius 3 is 1.58 bits per heavy atom. The third-order valence-corrected chi connectivity index (χ3v) is 8.24. The average Bonchev–Trinajstić information content (AvgIpc) is 3.47. The van der Waals surface area contributed by atoms with Gasteiger partial charge >= 0.3 is 11.9 Å². The van der Waals surface area contributed by atoms with Crippen LogP contribution in [-0.4, -0.2) is 57.4 Å². The zero-order valence-corrected chi connectivity index (χ0v) is 21.0. The van der Waals surface area contributed by atoms with Gasteiger partial charge in [0.05, 0.1) is 35.1 Å². The number of ether oxygens (including phenoxy) is 2. The van der Waals surface area contributed by atoms with Crippen molar-refractivity contribution in [3.05, 3.63) is 21.1 Å². The summed E-state index contributed by atoms with van der Waals surface area (Å²) < 4.78 is 9.98. The van der Waals surface area contributed by atoms with E-state index in [1.807, 2.05) is 0 Å². The van der Waals surface area contributed by atoms with E-state index >= 15 is 0 Å². The van der Waals surface area contributed by atoms with Crippen LogP contribution in [0.15, 0.2) is 0 Å². The molecule has 1 aliphatic rings. The van der Waals surface area contributed by atoms with E-state index in [2.05, 4.69) is 20.6 Å². The molecule has 1 fully saturated rings. The number of hydrogen-bond donors (Lipinski definition) is 2. The minimum absolute atomic E-state index is 0.255. The highest BCUT2D eigenvalue weighted by Gasteiger charge is 2.35. The molecule has 0 aromatic carbocycles. The number of thiazole rings is 2. The summed E-state index contributed by atoms with van der Waals surface area (Å²) in [5.41, 5.74) is 0.983. The fourth-order valence-corrected chi connectivity index (χ4v) is 6.10. The molecule has 0 spiro atoms. The minimum atomic E-state index is -0.469. The number of aryl methyl sites for hydroxylation is 2. The molecule has 33 heavy (non-hydrogen) atoms. The van der Waals surface area contributed by atoms with Crippen molar-refractivity contribution >= 4 is 68.5 Å². The molecule has 2 aromatic heterocycles. The number of nitrogens with one attached hydrogen (secondary N) is 2. The summed E-state index contributed by atoms with van der Waals surface area (Å²) in [7, 11) is 0. The second kappa shape index (κ2) is 11.1. The fraction of sp³-hybridized carbons (Fsp3) is 0.500. The van der Waals surface area contributed by atoms with E-state index in [0.29, 0.717) is 44.2 Å². The summed E-state index contributed by atoms with van der Waals surface area (Å²) in [5.74, 6) is -1.48. The molecule has 0 bridgehead atoms. The summed E-state index contributed by atoms with van der Waals surface area (Å²) in [4.78, 5) is 58.4. The van der Waals surface area contributed by atoms with Crippen LogP contribution >= 0.6 is 34.4 Å². The predicted octanol–water partition coefficient (Wildman–Crippen LogP) is 3.41. The van der Waals surface area contributed by atoms with Crippen LogP contribution in [0.5, 0.6) is 0 Å². The summed E-state index contributed by atoms with van der Waals surface area (Å²) in [6, 6.07) is 0. The van der Waals surface area contributed by atoms with Crippen molar-refractivity contribution in [1.82, 2.24) is 9.97 Å². The molecule has 2 N–H and O–H groups in total. The van der Waals surface area contributed by atoms with Crippen LogP contribution in [0.2, 0.25) is 0 Å². The van der Waals surface area contributed by atoms with Crippen molar-refractivity contribution in [2.45, 2.75) is 51.0 Å². The summed E-state index contributed by atoms with van der Waals surface area (Å²) in [6.07, 6.45) is 1.04. The molecule has 2 amide bonds. The molecule has 0 saturated carbocycles. The summed E-state index contributed by atoms with van der Waals surface area (Å²) in [6.45, 7) is 7.30. The first-order valence-electron chi connectivity index (χ1n) is 10.3. The van der Waals surface area contributed by atoms with Crippen LogP contribution in [0, 0.1) is 13.8 Å². The molecule has 2 unspecified atom stereocenters. The van der Waals surface area contributed by atoms with E-state index < -0.39 is 22.4 Å². The lowest BCUT2D eigenvalue weighted by Crippen LogP contribution is -2.25. The van der Waals surface area contributed by atoms with Gasteiger partial charge in [0.15, 0.2) is 10.3 Å². The highest BCUT2D eigenvalue weighted by atomic mass is 32.2. The average molecular weight is 513 g/mol. The lowest BCUT2D eigenvalue weighted by Gasteiger charge is -2.10. The number of esters is 2. The van der Waals surface area contributed by atoms with Gasteiger partial charge in [-0.1, -0.05) is 22.7 Å². The number of aromatic nitrogens is 2. The van der Waals surface area contributed by atoms with Gasteiger partial charge in [-0.15, -0.1) is 11.8 Å². The van der Waals surface area contributed by atoms with E-state index in [-0.39, 0.29) is 25.0 Å². The van der Waals surface area contributed by atoms with E-state index in [4.69, 9.17) is 9.47 Å². The Bertz CT molecular complexity index is 984. The molecule has 0 aliphatic carbocycles. The van der Waals surface area contributed by atoms with Crippen LogP contribution in [0.4, 0.5) is 10.3 Å². The van der Waals surface area contributed by atoms with Gasteiger partial charge in [-0.05, 0) is 40.5 Å². The van der Waals surface area contributed by atoms with Crippen LogP contribution in [0.1, 0.15) is 57.4 Å². The monoisotopic (exact) mass is 512 g/mol. The second-order valence-corrected chi connectivity index (χ2v) is 10.4. The molecule has 10 nitrogen and oxygen atoms in total. The maximum Gasteiger partial charge on any atom is 0.350 e. The summed E-state index contributed by atoms with van der Waals surface area (Å²) >= 11 is 3.39. The van der Waals surface area contributed by atoms with Crippen LogP contribution in [-0.2, 0) is 19.1 Å². The Morgan fingerprint density at radius 2 is 1.21 bits per heavy atom. The lowest BCUT2D eigenvalue weighted by atomic mass is 10.2. The first kappa shape index (κ1) is 25.1. The fourth-order valence-electron chi connectivity index (χ4n) is 3.07. The van der Waals surface area contributed by atoms with Crippen molar-refractivity contribution in [3.63, 3.8) is 0 Å². The van der Waals surface area contributed by atoms with Crippen LogP contribution in [0.3, 0.4) is 0 Å². The number of thioether (sulfide) groups is 1. The van der Waals surface area contributed by atoms with Crippen molar-refractivity contribution in [3.8, 4) is 0 Å². The molecular weight excluding hydrogens is 488 g/mol. The van der Waals surface area contributed by atoms with Crippen LogP contribution < -0.4 is 10.6 Å². The zero-order chi connectivity index (χ0) is 24.1. The molecule has 3 heterocycles. The molecule has 1 saturated heterocycles. The van der Waals surface area contributed by atoms with Crippen molar-refractivity contribution in [2.24, 2.45) is 0 Å². The number of carbonyl (C=O) groups is 4. The van der Waals surface area contributed by atoms with Gasteiger partial charge in [-0.2, -0.15) is 0 Å². The zero-order valence-electron chi connectivity index (χ0n) is 18.6. The second-order valence-electron chi connectivity index (χ2n) is 6.98. The number of amides is 2. The van der Waals surface area contributed by atoms with E-state index in [1.165, 1.54) is 11.8 Å². The Hall–Kier alpha value is -2.51. The van der Waals surface area contributed by atoms with E-state index in [9.17, 15) is 19.2 Å². The number of carbonyl (C=O) groups excluding carboxylic acids is 4. The van der Waals surface area contributed by atoms with Gasteiger partial charge in [-0.3, -0.25) is 9.59 Å². The largest absolute Gasteiger partial charge is 0.462 e. The number of hydrogen-bond acceptors (Lipinski definition) is 11. The molecule has 2 atom stereocenters. The maximum absolute atomic E-state index is 12.7. The molecule has 3 rings (SSSR count). The van der Waals surface area contributed by atoms with Gasteiger partial charge in [0.1, 0.15) is 9.75 Å². The highest BCUT2D eigenvalue weighted by Crippen LogP contribution is 2.36. The smallest absolute Gasteiger partial charge is 0.350 e. The quantitative estimate of drug-likeness (QED) is 0.510. The van der Waals surface area contributed by atoms with Crippen molar-refractivity contribution < 1.29 is 28.7 Å². The maximum atomic E-state index is 12.7. The molecule has 0 radical (unpaired) electrons. The molecule has 1 aliphatic heterocycles. The highest BCUT2D eigenvalue weighted by molar-refractivity contribution is 8.02. The number of nitrogens with zero attached hydrogens (tertiary/aromatic N) is 2. The summed E-state index contributed by atoms with van der Waals surface area (Å²) in [5, 5.41) is 5.25. The Kier molecular flexibility index (Phi) is 8.43. The van der Waals surface area contributed by atoms with Crippen LogP contribution in [0.25, 0.3) is 0 Å². The van der Waals surface area contributed by atoms with Gasteiger partial charge in [0, 0.05) is 0 Å². The lowest BCUT2D eigenvalue weighted by molar-refractivity contribution is -0.116. The van der Waals surface area contributed by atoms with Gasteiger partial charge < -0.3 is 20.1 Å². The van der Waals surface area contributed by atoms with Crippen molar-refractivity contribution in [1.29, 1.82) is 0 Å². The van der Waals surface area contributed by atoms with Crippen molar-refractivity contribution in [2.75, 3.05) is 23.8 Å².